The first-order valence-electron chi connectivity index (χ1n) is 6.23. The second-order valence-corrected chi connectivity index (χ2v) is 5.96. The fourth-order valence-corrected chi connectivity index (χ4v) is 2.97. The van der Waals surface area contributed by atoms with E-state index in [-0.39, 0.29) is 0 Å². The van der Waals surface area contributed by atoms with Gasteiger partial charge in [-0.15, -0.1) is 0 Å². The zero-order chi connectivity index (χ0) is 12.5. The Balaban J connectivity index is 1.89. The lowest BCUT2D eigenvalue weighted by Crippen LogP contribution is -2.28. The van der Waals surface area contributed by atoms with Gasteiger partial charge in [-0.25, -0.2) is 4.98 Å². The van der Waals surface area contributed by atoms with Crippen LogP contribution in [0.5, 0.6) is 0 Å². The van der Waals surface area contributed by atoms with E-state index in [1.165, 1.54) is 12.8 Å². The molecule has 1 saturated heterocycles. The average Bonchev–Trinajstić information content (AvgIpc) is 2.73. The highest BCUT2D eigenvalue weighted by atomic mass is 127. The highest BCUT2D eigenvalue weighted by Gasteiger charge is 2.16. The summed E-state index contributed by atoms with van der Waals surface area (Å²) in [6, 6.07) is 1.96. The van der Waals surface area contributed by atoms with Crippen LogP contribution in [-0.4, -0.2) is 27.7 Å². The van der Waals surface area contributed by atoms with E-state index < -0.39 is 0 Å². The minimum absolute atomic E-state index is 0.673. The SMILES string of the molecule is Nc1cc(CC2CCNCC2)nc2c(I)cnn12. The van der Waals surface area contributed by atoms with Crippen LogP contribution in [0.25, 0.3) is 5.65 Å². The number of aromatic nitrogens is 3. The number of hydrogen-bond donors (Lipinski definition) is 2. The third-order valence-corrected chi connectivity index (χ3v) is 4.23. The van der Waals surface area contributed by atoms with Gasteiger partial charge in [0.25, 0.3) is 0 Å². The predicted octanol–water partition coefficient (Wildman–Crippen LogP) is 1.46. The van der Waals surface area contributed by atoms with Crippen molar-refractivity contribution >= 4 is 34.1 Å². The first kappa shape index (κ1) is 12.2. The fraction of sp³-hybridized carbons (Fsp3) is 0.500. The molecule has 3 N–H and O–H groups in total. The summed E-state index contributed by atoms with van der Waals surface area (Å²) in [4.78, 5) is 4.68. The molecule has 0 saturated carbocycles. The van der Waals surface area contributed by atoms with Crippen molar-refractivity contribution in [3.63, 3.8) is 0 Å². The Kier molecular flexibility index (Phi) is 3.38. The molecule has 0 aromatic carbocycles. The van der Waals surface area contributed by atoms with Crippen LogP contribution in [0.3, 0.4) is 0 Å². The molecule has 0 spiro atoms. The minimum atomic E-state index is 0.673. The molecule has 0 atom stereocenters. The van der Waals surface area contributed by atoms with E-state index in [1.54, 1.807) is 10.7 Å². The normalized spacial score (nSPS) is 17.4. The topological polar surface area (TPSA) is 68.2 Å². The van der Waals surface area contributed by atoms with Crippen LogP contribution in [0.4, 0.5) is 5.82 Å². The number of rotatable bonds is 2. The molecular formula is C12H16IN5. The molecule has 96 valence electrons. The van der Waals surface area contributed by atoms with E-state index in [1.807, 2.05) is 6.07 Å². The average molecular weight is 357 g/mol. The summed E-state index contributed by atoms with van der Waals surface area (Å²) in [6.45, 7) is 2.24. The lowest BCUT2D eigenvalue weighted by atomic mass is 9.93. The van der Waals surface area contributed by atoms with Crippen molar-refractivity contribution in [2.24, 2.45) is 5.92 Å². The molecule has 18 heavy (non-hydrogen) atoms. The van der Waals surface area contributed by atoms with Gasteiger partial charge in [0, 0.05) is 11.8 Å². The quantitative estimate of drug-likeness (QED) is 0.799. The van der Waals surface area contributed by atoms with Gasteiger partial charge in [-0.1, -0.05) is 0 Å². The van der Waals surface area contributed by atoms with E-state index in [2.05, 4.69) is 38.0 Å². The molecule has 0 unspecified atom stereocenters. The van der Waals surface area contributed by atoms with Gasteiger partial charge in [-0.3, -0.25) is 0 Å². The predicted molar refractivity (Wildman–Crippen MR) is 79.4 cm³/mol. The van der Waals surface area contributed by atoms with E-state index in [0.717, 1.165) is 40.3 Å². The highest BCUT2D eigenvalue weighted by molar-refractivity contribution is 14.1. The van der Waals surface area contributed by atoms with Gasteiger partial charge in [0.1, 0.15) is 5.82 Å². The van der Waals surface area contributed by atoms with E-state index in [4.69, 9.17) is 5.73 Å². The summed E-state index contributed by atoms with van der Waals surface area (Å²) >= 11 is 2.25. The number of anilines is 1. The number of hydrogen-bond acceptors (Lipinski definition) is 4. The van der Waals surface area contributed by atoms with Crippen LogP contribution in [0.1, 0.15) is 18.5 Å². The number of piperidine rings is 1. The second kappa shape index (κ2) is 5.00. The summed E-state index contributed by atoms with van der Waals surface area (Å²) < 4.78 is 2.75. The monoisotopic (exact) mass is 357 g/mol. The van der Waals surface area contributed by atoms with Gasteiger partial charge in [0.2, 0.25) is 0 Å². The molecule has 1 aliphatic heterocycles. The van der Waals surface area contributed by atoms with Crippen molar-refractivity contribution in [3.8, 4) is 0 Å². The van der Waals surface area contributed by atoms with Gasteiger partial charge in [-0.05, 0) is 60.9 Å². The number of nitrogens with zero attached hydrogens (tertiary/aromatic N) is 3. The van der Waals surface area contributed by atoms with Crippen LogP contribution >= 0.6 is 22.6 Å². The van der Waals surface area contributed by atoms with Crippen LogP contribution < -0.4 is 11.1 Å². The lowest BCUT2D eigenvalue weighted by molar-refractivity contribution is 0.370. The molecule has 0 bridgehead atoms. The maximum atomic E-state index is 6.02. The minimum Gasteiger partial charge on any atom is -0.384 e. The third-order valence-electron chi connectivity index (χ3n) is 3.47. The van der Waals surface area contributed by atoms with Crippen molar-refractivity contribution in [1.82, 2.24) is 19.9 Å². The van der Waals surface area contributed by atoms with Crippen molar-refractivity contribution in [2.75, 3.05) is 18.8 Å². The van der Waals surface area contributed by atoms with Gasteiger partial charge < -0.3 is 11.1 Å². The summed E-state index contributed by atoms with van der Waals surface area (Å²) in [5.41, 5.74) is 7.98. The summed E-state index contributed by atoms with van der Waals surface area (Å²) in [6.07, 6.45) is 5.27. The lowest BCUT2D eigenvalue weighted by Gasteiger charge is -2.22. The van der Waals surface area contributed by atoms with Crippen LogP contribution in [0.2, 0.25) is 0 Å². The third kappa shape index (κ3) is 2.31. The van der Waals surface area contributed by atoms with E-state index in [9.17, 15) is 0 Å². The summed E-state index contributed by atoms with van der Waals surface area (Å²) in [5.74, 6) is 1.40. The van der Waals surface area contributed by atoms with E-state index in [0.29, 0.717) is 5.82 Å². The maximum Gasteiger partial charge on any atom is 0.171 e. The first-order valence-corrected chi connectivity index (χ1v) is 7.31. The molecule has 3 rings (SSSR count). The van der Waals surface area contributed by atoms with Gasteiger partial charge in [0.15, 0.2) is 5.65 Å². The molecule has 2 aromatic heterocycles. The van der Waals surface area contributed by atoms with Crippen molar-refractivity contribution in [2.45, 2.75) is 19.3 Å². The Morgan fingerprint density at radius 3 is 3.00 bits per heavy atom. The maximum absolute atomic E-state index is 6.02. The largest absolute Gasteiger partial charge is 0.384 e. The van der Waals surface area contributed by atoms with Gasteiger partial charge >= 0.3 is 0 Å². The molecule has 0 radical (unpaired) electrons. The number of nitrogens with one attached hydrogen (secondary N) is 1. The zero-order valence-electron chi connectivity index (χ0n) is 10.1. The standard InChI is InChI=1S/C12H16IN5/c13-10-7-16-18-11(14)6-9(17-12(10)18)5-8-1-3-15-4-2-8/h6-8,15H,1-5,14H2. The molecule has 1 aliphatic rings. The Morgan fingerprint density at radius 1 is 1.44 bits per heavy atom. The van der Waals surface area contributed by atoms with Gasteiger partial charge in [-0.2, -0.15) is 9.61 Å². The number of nitrogen functional groups attached to an aromatic ring is 1. The number of fused-ring (bicyclic) bond motifs is 1. The van der Waals surface area contributed by atoms with Crippen LogP contribution in [-0.2, 0) is 6.42 Å². The zero-order valence-corrected chi connectivity index (χ0v) is 12.2. The fourth-order valence-electron chi connectivity index (χ4n) is 2.50. The van der Waals surface area contributed by atoms with Crippen molar-refractivity contribution in [1.29, 1.82) is 0 Å². The summed E-state index contributed by atoms with van der Waals surface area (Å²) in [7, 11) is 0. The van der Waals surface area contributed by atoms with Crippen molar-refractivity contribution < 1.29 is 0 Å². The molecule has 3 heterocycles. The number of nitrogens with two attached hydrogens (primary N) is 1. The summed E-state index contributed by atoms with van der Waals surface area (Å²) in [5, 5.41) is 7.60. The Labute approximate surface area is 119 Å². The molecule has 2 aromatic rings. The molecular weight excluding hydrogens is 341 g/mol. The second-order valence-electron chi connectivity index (χ2n) is 4.80. The van der Waals surface area contributed by atoms with Crippen LogP contribution in [0, 0.1) is 9.49 Å². The Hall–Kier alpha value is -0.890. The highest BCUT2D eigenvalue weighted by Crippen LogP contribution is 2.20. The smallest absolute Gasteiger partial charge is 0.171 e. The van der Waals surface area contributed by atoms with Crippen LogP contribution in [0.15, 0.2) is 12.3 Å². The molecule has 0 amide bonds. The van der Waals surface area contributed by atoms with Crippen molar-refractivity contribution in [3.05, 3.63) is 21.5 Å². The Bertz CT molecular complexity index is 559. The molecule has 1 fully saturated rings. The molecule has 5 nitrogen and oxygen atoms in total. The van der Waals surface area contributed by atoms with E-state index >= 15 is 0 Å². The number of halogens is 1. The molecule has 0 aliphatic carbocycles. The molecule has 6 heteroatoms. The van der Waals surface area contributed by atoms with Gasteiger partial charge in [0.05, 0.1) is 9.77 Å². The Morgan fingerprint density at radius 2 is 2.22 bits per heavy atom. The first-order chi connectivity index (χ1) is 8.74.